The van der Waals surface area contributed by atoms with Gasteiger partial charge in [-0.05, 0) is 77.2 Å². The molecular formula is C41H60N2O2+2. The fraction of sp³-hybridized carbons (Fsp3) is 0.659. The van der Waals surface area contributed by atoms with Gasteiger partial charge in [0.1, 0.15) is 0 Å². The maximum atomic E-state index is 7.39. The van der Waals surface area contributed by atoms with Gasteiger partial charge in [-0.25, -0.2) is 0 Å². The van der Waals surface area contributed by atoms with Crippen molar-refractivity contribution in [2.45, 2.75) is 174 Å². The molecule has 3 unspecified atom stereocenters. The predicted octanol–water partition coefficient (Wildman–Crippen LogP) is 9.77. The molecule has 0 N–H and O–H groups in total. The Morgan fingerprint density at radius 3 is 1.73 bits per heavy atom. The van der Waals surface area contributed by atoms with Crippen LogP contribution < -0.4 is 9.47 Å². The molecule has 244 valence electrons. The van der Waals surface area contributed by atoms with Crippen molar-refractivity contribution in [2.75, 3.05) is 0 Å². The van der Waals surface area contributed by atoms with Gasteiger partial charge in [-0.3, -0.25) is 0 Å². The summed E-state index contributed by atoms with van der Waals surface area (Å²) in [6.07, 6.45) is 18.1. The first kappa shape index (κ1) is 32.3. The lowest BCUT2D eigenvalue weighted by atomic mass is 9.73. The number of nitrogens with zero attached hydrogens (tertiary/aromatic N) is 2. The normalized spacial score (nSPS) is 23.9. The van der Waals surface area contributed by atoms with Gasteiger partial charge in [0.15, 0.2) is 23.9 Å². The van der Waals surface area contributed by atoms with E-state index in [1.165, 1.54) is 84.7 Å². The fourth-order valence-corrected chi connectivity index (χ4v) is 8.39. The Balaban J connectivity index is 1.54. The second-order valence-electron chi connectivity index (χ2n) is 16.9. The first-order valence-corrected chi connectivity index (χ1v) is 18.3. The van der Waals surface area contributed by atoms with E-state index in [9.17, 15) is 0 Å². The molecule has 0 aromatic heterocycles. The van der Waals surface area contributed by atoms with Crippen LogP contribution in [0.3, 0.4) is 0 Å². The van der Waals surface area contributed by atoms with Gasteiger partial charge in [0.05, 0.1) is 11.1 Å². The van der Waals surface area contributed by atoms with Crippen molar-refractivity contribution in [1.29, 1.82) is 0 Å². The molecule has 0 radical (unpaired) electrons. The van der Waals surface area contributed by atoms with Crippen LogP contribution in [0, 0.1) is 0 Å². The second kappa shape index (κ2) is 11.6. The zero-order valence-electron chi connectivity index (χ0n) is 30.1. The van der Waals surface area contributed by atoms with Crippen LogP contribution in [0.5, 0.6) is 11.5 Å². The molecule has 1 spiro atoms. The summed E-state index contributed by atoms with van der Waals surface area (Å²) in [6.45, 7) is 23.3. The van der Waals surface area contributed by atoms with Gasteiger partial charge in [0.25, 0.3) is 0 Å². The van der Waals surface area contributed by atoms with Crippen LogP contribution in [0.15, 0.2) is 24.3 Å². The fourth-order valence-electron chi connectivity index (χ4n) is 8.39. The highest BCUT2D eigenvalue weighted by Crippen LogP contribution is 2.49. The third-order valence-electron chi connectivity index (χ3n) is 11.3. The van der Waals surface area contributed by atoms with E-state index in [-0.39, 0.29) is 16.2 Å². The molecular weight excluding hydrogens is 552 g/mol. The molecule has 2 fully saturated rings. The molecule has 4 aliphatic rings. The van der Waals surface area contributed by atoms with Gasteiger partial charge in [-0.15, -0.1) is 0 Å². The second-order valence-corrected chi connectivity index (χ2v) is 16.9. The third kappa shape index (κ3) is 5.46. The molecule has 45 heavy (non-hydrogen) atoms. The molecule has 1 saturated carbocycles. The molecule has 3 aliphatic heterocycles. The van der Waals surface area contributed by atoms with Crippen molar-refractivity contribution < 1.29 is 18.6 Å². The summed E-state index contributed by atoms with van der Waals surface area (Å²) in [5, 5.41) is 0. The number of hydrogen-bond acceptors (Lipinski definition) is 2. The average Bonchev–Trinajstić information content (AvgIpc) is 3.27. The average molecular weight is 613 g/mol. The summed E-state index contributed by atoms with van der Waals surface area (Å²) >= 11 is 0. The maximum Gasteiger partial charge on any atom is 0.704 e. The summed E-state index contributed by atoms with van der Waals surface area (Å²) in [7, 11) is 0. The number of aryl methyl sites for hydroxylation is 1. The van der Waals surface area contributed by atoms with Gasteiger partial charge >= 0.3 is 6.03 Å². The zero-order chi connectivity index (χ0) is 32.4. The van der Waals surface area contributed by atoms with Crippen LogP contribution in [0.25, 0.3) is 0 Å². The van der Waals surface area contributed by atoms with Gasteiger partial charge < -0.3 is 9.47 Å². The standard InChI is InChI=1S/C41H60N2O2/c1-11-14-20-40(10,21-15-12-2)32-22-28(13-3)36-29(24-32)26-42-34-18-16-17-19-35(34)43-27-30-23-31(38(4,5)6)25-33(39(7,8)9)37(30)45-41(42,43)44-36/h22-27,34-35H,11-21H2,1-10H3/q+2. The number of rotatable bonds is 8. The first-order valence-electron chi connectivity index (χ1n) is 18.3. The number of hydrogen-bond donors (Lipinski definition) is 0. The van der Waals surface area contributed by atoms with E-state index >= 15 is 0 Å². The van der Waals surface area contributed by atoms with Crippen molar-refractivity contribution in [2.24, 2.45) is 0 Å². The summed E-state index contributed by atoms with van der Waals surface area (Å²) in [5.41, 5.74) is 7.97. The van der Waals surface area contributed by atoms with E-state index in [1.807, 2.05) is 0 Å². The number of ether oxygens (including phenoxy) is 2. The third-order valence-corrected chi connectivity index (χ3v) is 11.3. The Labute approximate surface area is 273 Å². The summed E-state index contributed by atoms with van der Waals surface area (Å²) in [6, 6.07) is 9.44. The van der Waals surface area contributed by atoms with Crippen LogP contribution >= 0.6 is 0 Å². The Kier molecular flexibility index (Phi) is 8.31. The van der Waals surface area contributed by atoms with Crippen LogP contribution in [0.1, 0.15) is 167 Å². The summed E-state index contributed by atoms with van der Waals surface area (Å²) in [5.74, 6) is 1.99. The molecule has 4 nitrogen and oxygen atoms in total. The number of fused-ring (bicyclic) bond motifs is 5. The molecule has 0 amide bonds. The van der Waals surface area contributed by atoms with E-state index in [2.05, 4.69) is 115 Å². The van der Waals surface area contributed by atoms with E-state index in [0.29, 0.717) is 12.1 Å². The van der Waals surface area contributed by atoms with Gasteiger partial charge in [0.2, 0.25) is 12.1 Å². The molecule has 3 atom stereocenters. The highest BCUT2D eigenvalue weighted by molar-refractivity contribution is 5.85. The van der Waals surface area contributed by atoms with E-state index in [4.69, 9.17) is 9.47 Å². The van der Waals surface area contributed by atoms with E-state index in [1.54, 1.807) is 0 Å². The molecule has 2 aromatic rings. The van der Waals surface area contributed by atoms with E-state index in [0.717, 1.165) is 30.8 Å². The Morgan fingerprint density at radius 1 is 0.689 bits per heavy atom. The Morgan fingerprint density at radius 2 is 1.22 bits per heavy atom. The molecule has 6 rings (SSSR count). The summed E-state index contributed by atoms with van der Waals surface area (Å²) < 4.78 is 19.7. The smallest absolute Gasteiger partial charge is 0.340 e. The van der Waals surface area contributed by atoms with Crippen molar-refractivity contribution in [3.63, 3.8) is 0 Å². The van der Waals surface area contributed by atoms with E-state index < -0.39 is 6.03 Å². The van der Waals surface area contributed by atoms with Crippen molar-refractivity contribution in [1.82, 2.24) is 0 Å². The lowest BCUT2D eigenvalue weighted by Crippen LogP contribution is -2.60. The topological polar surface area (TPSA) is 24.5 Å². The Hall–Kier alpha value is -2.62. The van der Waals surface area contributed by atoms with Crippen LogP contribution in [0.4, 0.5) is 0 Å². The van der Waals surface area contributed by atoms with Crippen LogP contribution in [-0.4, -0.2) is 39.7 Å². The van der Waals surface area contributed by atoms with Gasteiger partial charge in [-0.1, -0.05) is 116 Å². The SMILES string of the molecule is CCCCC(C)(CCCC)c1cc2c(c(CC)c1)OC13Oc4c(cc(C(C)(C)C)cc4C(C)(C)C)C=[N+]1C1CCCCC1[N+]3=C2. The monoisotopic (exact) mass is 612 g/mol. The number of benzene rings is 2. The van der Waals surface area contributed by atoms with Crippen molar-refractivity contribution in [3.05, 3.63) is 57.6 Å². The summed E-state index contributed by atoms with van der Waals surface area (Å²) in [4.78, 5) is 0. The van der Waals surface area contributed by atoms with Gasteiger partial charge in [0, 0.05) is 18.4 Å². The predicted molar refractivity (Wildman–Crippen MR) is 187 cm³/mol. The minimum atomic E-state index is -0.998. The van der Waals surface area contributed by atoms with Crippen LogP contribution in [0.2, 0.25) is 0 Å². The molecule has 3 heterocycles. The van der Waals surface area contributed by atoms with Gasteiger partial charge in [-0.2, -0.15) is 0 Å². The zero-order valence-corrected chi connectivity index (χ0v) is 30.1. The largest absolute Gasteiger partial charge is 0.704 e. The minimum Gasteiger partial charge on any atom is -0.340 e. The highest BCUT2D eigenvalue weighted by Gasteiger charge is 2.76. The Bertz CT molecular complexity index is 1510. The molecule has 1 aliphatic carbocycles. The van der Waals surface area contributed by atoms with Crippen molar-refractivity contribution >= 4 is 12.4 Å². The minimum absolute atomic E-state index is 0.0486. The maximum absolute atomic E-state index is 7.39. The van der Waals surface area contributed by atoms with Crippen LogP contribution in [-0.2, 0) is 22.7 Å². The molecule has 0 bridgehead atoms. The lowest BCUT2D eigenvalue weighted by molar-refractivity contribution is -0.866. The molecule has 4 heteroatoms. The molecule has 1 saturated heterocycles. The quantitative estimate of drug-likeness (QED) is 0.277. The first-order chi connectivity index (χ1) is 21.3. The van der Waals surface area contributed by atoms with Crippen molar-refractivity contribution in [3.8, 4) is 11.5 Å². The highest BCUT2D eigenvalue weighted by atomic mass is 16.7. The lowest BCUT2D eigenvalue weighted by Gasteiger charge is -2.34. The molecule has 2 aromatic carbocycles. The number of unbranched alkanes of at least 4 members (excludes halogenated alkanes) is 2.